The Morgan fingerprint density at radius 1 is 0.864 bits per heavy atom. The van der Waals surface area contributed by atoms with Gasteiger partial charge < -0.3 is 4.74 Å². The molecule has 0 aromatic heterocycles. The third kappa shape index (κ3) is 3.71. The average Bonchev–Trinajstić information content (AvgIpc) is 2.54. The molecule has 3 aliphatic rings. The molecule has 0 aromatic rings. The highest BCUT2D eigenvalue weighted by molar-refractivity contribution is 4.94. The lowest BCUT2D eigenvalue weighted by Crippen LogP contribution is -2.43. The van der Waals surface area contributed by atoms with Crippen LogP contribution in [-0.2, 0) is 4.74 Å². The van der Waals surface area contributed by atoms with Gasteiger partial charge in [0.05, 0.1) is 12.2 Å². The SMILES string of the molecule is CCCC1CCC2C(CCC3CC(OC(C)CC)CCC32)C1. The van der Waals surface area contributed by atoms with Gasteiger partial charge in [0.25, 0.3) is 0 Å². The second kappa shape index (κ2) is 7.69. The number of hydrogen-bond acceptors (Lipinski definition) is 1. The Balaban J connectivity index is 1.54. The van der Waals surface area contributed by atoms with Gasteiger partial charge >= 0.3 is 0 Å². The van der Waals surface area contributed by atoms with E-state index in [0.717, 1.165) is 36.0 Å². The molecule has 0 bridgehead atoms. The molecule has 0 saturated heterocycles. The van der Waals surface area contributed by atoms with Crippen LogP contribution in [0.5, 0.6) is 0 Å². The van der Waals surface area contributed by atoms with Crippen molar-refractivity contribution in [2.24, 2.45) is 29.6 Å². The van der Waals surface area contributed by atoms with Crippen LogP contribution in [0, 0.1) is 29.6 Å². The molecule has 0 aromatic carbocycles. The summed E-state index contributed by atoms with van der Waals surface area (Å²) in [6.45, 7) is 6.86. The molecule has 3 fully saturated rings. The summed E-state index contributed by atoms with van der Waals surface area (Å²) in [4.78, 5) is 0. The molecule has 0 spiro atoms. The van der Waals surface area contributed by atoms with E-state index in [1.807, 2.05) is 0 Å². The third-order valence-corrected chi connectivity index (χ3v) is 7.30. The van der Waals surface area contributed by atoms with Crippen LogP contribution >= 0.6 is 0 Å². The van der Waals surface area contributed by atoms with E-state index in [4.69, 9.17) is 4.74 Å². The highest BCUT2D eigenvalue weighted by Gasteiger charge is 2.44. The van der Waals surface area contributed by atoms with Crippen LogP contribution in [0.2, 0.25) is 0 Å². The van der Waals surface area contributed by atoms with Gasteiger partial charge in [-0.1, -0.05) is 33.1 Å². The first-order chi connectivity index (χ1) is 10.7. The van der Waals surface area contributed by atoms with Crippen molar-refractivity contribution in [1.29, 1.82) is 0 Å². The zero-order valence-electron chi connectivity index (χ0n) is 15.2. The molecule has 0 aliphatic heterocycles. The lowest BCUT2D eigenvalue weighted by atomic mass is 9.56. The van der Waals surface area contributed by atoms with Crippen molar-refractivity contribution >= 4 is 0 Å². The van der Waals surface area contributed by atoms with E-state index in [-0.39, 0.29) is 0 Å². The van der Waals surface area contributed by atoms with Gasteiger partial charge in [-0.2, -0.15) is 0 Å². The van der Waals surface area contributed by atoms with E-state index in [2.05, 4.69) is 20.8 Å². The summed E-state index contributed by atoms with van der Waals surface area (Å²) >= 11 is 0. The first-order valence-electron chi connectivity index (χ1n) is 10.4. The number of fused-ring (bicyclic) bond motifs is 3. The third-order valence-electron chi connectivity index (χ3n) is 7.30. The predicted molar refractivity (Wildman–Crippen MR) is 93.9 cm³/mol. The summed E-state index contributed by atoms with van der Waals surface area (Å²) < 4.78 is 6.27. The van der Waals surface area contributed by atoms with Gasteiger partial charge in [-0.25, -0.2) is 0 Å². The second-order valence-electron chi connectivity index (χ2n) is 8.68. The quantitative estimate of drug-likeness (QED) is 0.586. The van der Waals surface area contributed by atoms with E-state index in [9.17, 15) is 0 Å². The van der Waals surface area contributed by atoms with Crippen LogP contribution in [0.4, 0.5) is 0 Å². The minimum atomic E-state index is 0.461. The molecule has 1 nitrogen and oxygen atoms in total. The van der Waals surface area contributed by atoms with Crippen molar-refractivity contribution in [3.05, 3.63) is 0 Å². The fourth-order valence-corrected chi connectivity index (χ4v) is 6.07. The van der Waals surface area contributed by atoms with Gasteiger partial charge in [-0.15, -0.1) is 0 Å². The molecular formula is C21H38O. The Morgan fingerprint density at radius 2 is 1.55 bits per heavy atom. The van der Waals surface area contributed by atoms with Crippen LogP contribution in [0.3, 0.4) is 0 Å². The van der Waals surface area contributed by atoms with E-state index < -0.39 is 0 Å². The van der Waals surface area contributed by atoms with Gasteiger partial charge in [0.15, 0.2) is 0 Å². The standard InChI is InChI=1S/C21H38O/c1-4-6-16-7-11-20-17(13-16)8-9-18-14-19(10-12-21(18)20)22-15(3)5-2/h15-21H,4-14H2,1-3H3. The Labute approximate surface area is 138 Å². The fourth-order valence-electron chi connectivity index (χ4n) is 6.07. The maximum atomic E-state index is 6.27. The molecule has 3 aliphatic carbocycles. The maximum absolute atomic E-state index is 6.27. The molecule has 1 heteroatoms. The molecule has 3 rings (SSSR count). The molecule has 0 N–H and O–H groups in total. The van der Waals surface area contributed by atoms with Gasteiger partial charge in [-0.05, 0) is 87.9 Å². The van der Waals surface area contributed by atoms with Crippen molar-refractivity contribution in [2.75, 3.05) is 0 Å². The lowest BCUT2D eigenvalue weighted by molar-refractivity contribution is -0.0759. The van der Waals surface area contributed by atoms with Gasteiger partial charge in [-0.3, -0.25) is 0 Å². The fraction of sp³-hybridized carbons (Fsp3) is 1.00. The van der Waals surface area contributed by atoms with Crippen molar-refractivity contribution in [2.45, 2.75) is 104 Å². The van der Waals surface area contributed by atoms with Gasteiger partial charge in [0.2, 0.25) is 0 Å². The Morgan fingerprint density at radius 3 is 2.23 bits per heavy atom. The van der Waals surface area contributed by atoms with Crippen LogP contribution < -0.4 is 0 Å². The molecule has 128 valence electrons. The van der Waals surface area contributed by atoms with Crippen molar-refractivity contribution < 1.29 is 4.74 Å². The van der Waals surface area contributed by atoms with Gasteiger partial charge in [0.1, 0.15) is 0 Å². The first-order valence-corrected chi connectivity index (χ1v) is 10.4. The average molecular weight is 307 g/mol. The minimum Gasteiger partial charge on any atom is -0.375 e. The normalized spacial score (nSPS) is 43.2. The summed E-state index contributed by atoms with van der Waals surface area (Å²) in [7, 11) is 0. The predicted octanol–water partition coefficient (Wildman–Crippen LogP) is 6.21. The van der Waals surface area contributed by atoms with Crippen LogP contribution in [0.1, 0.15) is 91.4 Å². The second-order valence-corrected chi connectivity index (χ2v) is 8.68. The summed E-state index contributed by atoms with van der Waals surface area (Å²) in [6, 6.07) is 0. The summed E-state index contributed by atoms with van der Waals surface area (Å²) in [5.41, 5.74) is 0. The Hall–Kier alpha value is -0.0400. The molecule has 7 atom stereocenters. The lowest BCUT2D eigenvalue weighted by Gasteiger charge is -2.51. The molecule has 22 heavy (non-hydrogen) atoms. The minimum absolute atomic E-state index is 0.461. The highest BCUT2D eigenvalue weighted by atomic mass is 16.5. The van der Waals surface area contributed by atoms with E-state index in [1.54, 1.807) is 12.8 Å². The van der Waals surface area contributed by atoms with E-state index in [0.29, 0.717) is 12.2 Å². The molecule has 0 radical (unpaired) electrons. The number of ether oxygens (including phenoxy) is 1. The topological polar surface area (TPSA) is 9.23 Å². The van der Waals surface area contributed by atoms with Gasteiger partial charge in [0, 0.05) is 0 Å². The molecular weight excluding hydrogens is 268 g/mol. The molecule has 0 amide bonds. The van der Waals surface area contributed by atoms with Crippen LogP contribution in [-0.4, -0.2) is 12.2 Å². The Kier molecular flexibility index (Phi) is 5.87. The zero-order valence-corrected chi connectivity index (χ0v) is 15.2. The monoisotopic (exact) mass is 306 g/mol. The van der Waals surface area contributed by atoms with E-state index >= 15 is 0 Å². The van der Waals surface area contributed by atoms with Crippen LogP contribution in [0.25, 0.3) is 0 Å². The molecule has 3 saturated carbocycles. The first kappa shape index (κ1) is 16.8. The smallest absolute Gasteiger partial charge is 0.0581 e. The van der Waals surface area contributed by atoms with E-state index in [1.165, 1.54) is 51.4 Å². The Bertz CT molecular complexity index is 339. The molecule has 0 heterocycles. The number of hydrogen-bond donors (Lipinski definition) is 0. The maximum Gasteiger partial charge on any atom is 0.0581 e. The largest absolute Gasteiger partial charge is 0.375 e. The highest BCUT2D eigenvalue weighted by Crippen LogP contribution is 2.53. The zero-order chi connectivity index (χ0) is 15.5. The summed E-state index contributed by atoms with van der Waals surface area (Å²) in [6.07, 6.45) is 16.9. The van der Waals surface area contributed by atoms with Crippen molar-refractivity contribution in [1.82, 2.24) is 0 Å². The summed E-state index contributed by atoms with van der Waals surface area (Å²) in [5.74, 6) is 5.27. The number of rotatable bonds is 5. The molecule has 7 unspecified atom stereocenters. The summed E-state index contributed by atoms with van der Waals surface area (Å²) in [5, 5.41) is 0. The van der Waals surface area contributed by atoms with Crippen LogP contribution in [0.15, 0.2) is 0 Å². The van der Waals surface area contributed by atoms with Crippen molar-refractivity contribution in [3.8, 4) is 0 Å². The van der Waals surface area contributed by atoms with Crippen molar-refractivity contribution in [3.63, 3.8) is 0 Å².